The van der Waals surface area contributed by atoms with Crippen LogP contribution in [-0.4, -0.2) is 36.5 Å². The van der Waals surface area contributed by atoms with E-state index < -0.39 is 0 Å². The molecule has 0 aliphatic carbocycles. The Morgan fingerprint density at radius 2 is 2.07 bits per heavy atom. The number of rotatable bonds is 4. The van der Waals surface area contributed by atoms with Crippen LogP contribution in [0.25, 0.3) is 0 Å². The zero-order valence-electron chi connectivity index (χ0n) is 9.12. The Morgan fingerprint density at radius 3 is 2.64 bits per heavy atom. The van der Waals surface area contributed by atoms with Crippen molar-refractivity contribution in [1.29, 1.82) is 0 Å². The molecular formula is C11H20N2O. The number of carbonyl (C=O) groups excluding carboxylic acids is 1. The molecule has 0 unspecified atom stereocenters. The topological polar surface area (TPSA) is 32.3 Å². The van der Waals surface area contributed by atoms with Gasteiger partial charge in [0.15, 0.2) is 0 Å². The summed E-state index contributed by atoms with van der Waals surface area (Å²) in [6.45, 7) is 7.19. The summed E-state index contributed by atoms with van der Waals surface area (Å²) in [6, 6.07) is 0.221. The average Bonchev–Trinajstić information content (AvgIpc) is 2.55. The Balaban J connectivity index is 2.15. The van der Waals surface area contributed by atoms with Gasteiger partial charge in [-0.3, -0.25) is 9.69 Å². The van der Waals surface area contributed by atoms with Crippen LogP contribution in [0.15, 0.2) is 12.2 Å². The Bertz CT molecular complexity index is 205. The van der Waals surface area contributed by atoms with Crippen LogP contribution in [-0.2, 0) is 4.79 Å². The Labute approximate surface area is 86.2 Å². The number of amides is 1. The van der Waals surface area contributed by atoms with Crippen molar-refractivity contribution in [3.8, 4) is 0 Å². The molecule has 0 aromatic carbocycles. The van der Waals surface area contributed by atoms with Crippen LogP contribution < -0.4 is 5.32 Å². The zero-order chi connectivity index (χ0) is 10.4. The van der Waals surface area contributed by atoms with Gasteiger partial charge >= 0.3 is 0 Å². The predicted octanol–water partition coefficient (Wildman–Crippen LogP) is 1.16. The molecule has 0 atom stereocenters. The van der Waals surface area contributed by atoms with E-state index in [4.69, 9.17) is 0 Å². The lowest BCUT2D eigenvalue weighted by Crippen LogP contribution is -2.28. The largest absolute Gasteiger partial charge is 0.350 e. The number of nitrogens with zero attached hydrogens (tertiary/aromatic N) is 1. The van der Waals surface area contributed by atoms with Gasteiger partial charge in [-0.2, -0.15) is 0 Å². The minimum atomic E-state index is 0.0131. The first kappa shape index (κ1) is 11.2. The molecule has 80 valence electrons. The van der Waals surface area contributed by atoms with Gasteiger partial charge in [0.1, 0.15) is 0 Å². The van der Waals surface area contributed by atoms with E-state index in [0.29, 0.717) is 0 Å². The van der Waals surface area contributed by atoms with Gasteiger partial charge in [0.25, 0.3) is 0 Å². The molecule has 1 N–H and O–H groups in total. The van der Waals surface area contributed by atoms with Crippen LogP contribution in [0.4, 0.5) is 0 Å². The van der Waals surface area contributed by atoms with Gasteiger partial charge in [-0.15, -0.1) is 0 Å². The molecule has 14 heavy (non-hydrogen) atoms. The lowest BCUT2D eigenvalue weighted by atomic mass is 10.3. The average molecular weight is 196 g/mol. The van der Waals surface area contributed by atoms with Gasteiger partial charge in [0, 0.05) is 18.7 Å². The molecule has 3 heteroatoms. The van der Waals surface area contributed by atoms with Crippen LogP contribution in [0.3, 0.4) is 0 Å². The van der Waals surface area contributed by atoms with Gasteiger partial charge in [0.2, 0.25) is 5.91 Å². The third kappa shape index (κ3) is 4.42. The highest BCUT2D eigenvalue weighted by atomic mass is 16.1. The highest BCUT2D eigenvalue weighted by Gasteiger charge is 2.08. The summed E-state index contributed by atoms with van der Waals surface area (Å²) in [5.74, 6) is 0.0131. The number of hydrogen-bond acceptors (Lipinski definition) is 2. The minimum absolute atomic E-state index is 0.0131. The number of carbonyl (C=O) groups is 1. The summed E-state index contributed by atoms with van der Waals surface area (Å²) in [5.41, 5.74) is 0. The van der Waals surface area contributed by atoms with E-state index in [1.807, 2.05) is 19.9 Å². The summed E-state index contributed by atoms with van der Waals surface area (Å²) in [7, 11) is 0. The smallest absolute Gasteiger partial charge is 0.243 e. The van der Waals surface area contributed by atoms with Gasteiger partial charge in [0.05, 0.1) is 0 Å². The van der Waals surface area contributed by atoms with E-state index in [0.717, 1.165) is 6.54 Å². The Kier molecular flexibility index (Phi) is 4.66. The molecule has 0 spiro atoms. The lowest BCUT2D eigenvalue weighted by Gasteiger charge is -2.10. The maximum Gasteiger partial charge on any atom is 0.243 e. The summed E-state index contributed by atoms with van der Waals surface area (Å²) in [5, 5.41) is 2.82. The van der Waals surface area contributed by atoms with Crippen LogP contribution >= 0.6 is 0 Å². The quantitative estimate of drug-likeness (QED) is 0.684. The first-order valence-corrected chi connectivity index (χ1v) is 5.38. The molecule has 1 aliphatic heterocycles. The monoisotopic (exact) mass is 196 g/mol. The van der Waals surface area contributed by atoms with Crippen LogP contribution in [0.5, 0.6) is 0 Å². The molecule has 0 radical (unpaired) electrons. The number of likely N-dealkylation sites (tertiary alicyclic amines) is 1. The van der Waals surface area contributed by atoms with Crippen molar-refractivity contribution < 1.29 is 4.79 Å². The first-order chi connectivity index (χ1) is 6.68. The molecule has 0 aromatic rings. The third-order valence-electron chi connectivity index (χ3n) is 2.26. The van der Waals surface area contributed by atoms with Gasteiger partial charge in [-0.1, -0.05) is 6.08 Å². The highest BCUT2D eigenvalue weighted by molar-refractivity contribution is 5.87. The van der Waals surface area contributed by atoms with Crippen LogP contribution in [0.1, 0.15) is 26.7 Å². The zero-order valence-corrected chi connectivity index (χ0v) is 9.12. The fraction of sp³-hybridized carbons (Fsp3) is 0.727. The molecule has 1 saturated heterocycles. The van der Waals surface area contributed by atoms with E-state index in [9.17, 15) is 4.79 Å². The fourth-order valence-corrected chi connectivity index (χ4v) is 1.61. The molecule has 0 bridgehead atoms. The molecule has 1 fully saturated rings. The van der Waals surface area contributed by atoms with Crippen LogP contribution in [0, 0.1) is 0 Å². The van der Waals surface area contributed by atoms with Gasteiger partial charge in [-0.05, 0) is 39.8 Å². The van der Waals surface area contributed by atoms with Crippen molar-refractivity contribution >= 4 is 5.91 Å². The van der Waals surface area contributed by atoms with E-state index in [1.54, 1.807) is 6.08 Å². The van der Waals surface area contributed by atoms with Gasteiger partial charge < -0.3 is 5.32 Å². The third-order valence-corrected chi connectivity index (χ3v) is 2.26. The highest BCUT2D eigenvalue weighted by Crippen LogP contribution is 2.06. The molecule has 3 nitrogen and oxygen atoms in total. The van der Waals surface area contributed by atoms with Crippen molar-refractivity contribution in [2.24, 2.45) is 0 Å². The van der Waals surface area contributed by atoms with Crippen LogP contribution in [0.2, 0.25) is 0 Å². The van der Waals surface area contributed by atoms with E-state index in [1.165, 1.54) is 25.9 Å². The minimum Gasteiger partial charge on any atom is -0.350 e. The number of hydrogen-bond donors (Lipinski definition) is 1. The Morgan fingerprint density at radius 1 is 1.43 bits per heavy atom. The Hall–Kier alpha value is -0.830. The summed E-state index contributed by atoms with van der Waals surface area (Å²) in [6.07, 6.45) is 6.18. The van der Waals surface area contributed by atoms with Crippen molar-refractivity contribution in [3.63, 3.8) is 0 Å². The maximum atomic E-state index is 11.2. The normalized spacial score (nSPS) is 18.2. The predicted molar refractivity (Wildman–Crippen MR) is 58.1 cm³/mol. The SMILES string of the molecule is CC(C)NC(=O)/C=C/CN1CCCC1. The molecule has 1 rings (SSSR count). The van der Waals surface area contributed by atoms with E-state index in [-0.39, 0.29) is 11.9 Å². The lowest BCUT2D eigenvalue weighted by molar-refractivity contribution is -0.116. The van der Waals surface area contributed by atoms with Crippen molar-refractivity contribution in [2.75, 3.05) is 19.6 Å². The molecule has 1 aliphatic rings. The van der Waals surface area contributed by atoms with Crippen molar-refractivity contribution in [3.05, 3.63) is 12.2 Å². The summed E-state index contributed by atoms with van der Waals surface area (Å²) < 4.78 is 0. The first-order valence-electron chi connectivity index (χ1n) is 5.38. The second-order valence-corrected chi connectivity index (χ2v) is 4.07. The van der Waals surface area contributed by atoms with Crippen molar-refractivity contribution in [2.45, 2.75) is 32.7 Å². The molecule has 0 saturated carbocycles. The second kappa shape index (κ2) is 5.81. The number of nitrogens with one attached hydrogen (secondary N) is 1. The molecular weight excluding hydrogens is 176 g/mol. The standard InChI is InChI=1S/C11H20N2O/c1-10(2)12-11(14)6-5-9-13-7-3-4-8-13/h5-6,10H,3-4,7-9H2,1-2H3,(H,12,14)/b6-5+. The molecule has 1 heterocycles. The summed E-state index contributed by atoms with van der Waals surface area (Å²) >= 11 is 0. The van der Waals surface area contributed by atoms with Crippen molar-refractivity contribution in [1.82, 2.24) is 10.2 Å². The molecule has 1 amide bonds. The second-order valence-electron chi connectivity index (χ2n) is 4.07. The fourth-order valence-electron chi connectivity index (χ4n) is 1.61. The summed E-state index contributed by atoms with van der Waals surface area (Å²) in [4.78, 5) is 13.6. The maximum absolute atomic E-state index is 11.2. The molecule has 0 aromatic heterocycles. The van der Waals surface area contributed by atoms with E-state index >= 15 is 0 Å². The van der Waals surface area contributed by atoms with Gasteiger partial charge in [-0.25, -0.2) is 0 Å². The van der Waals surface area contributed by atoms with E-state index in [2.05, 4.69) is 10.2 Å².